The largest absolute Gasteiger partial charge is 0.398 e. The molecule has 1 aromatic carbocycles. The average molecular weight is 239 g/mol. The summed E-state index contributed by atoms with van der Waals surface area (Å²) in [7, 11) is 0. The van der Waals surface area contributed by atoms with Crippen molar-refractivity contribution in [3.63, 3.8) is 0 Å². The fourth-order valence-corrected chi connectivity index (χ4v) is 2.03. The minimum Gasteiger partial charge on any atom is -0.398 e. The van der Waals surface area contributed by atoms with Crippen LogP contribution in [0, 0.1) is 5.92 Å². The highest BCUT2D eigenvalue weighted by Crippen LogP contribution is 2.20. The molecule has 16 heavy (non-hydrogen) atoms. The van der Waals surface area contributed by atoms with Crippen molar-refractivity contribution in [2.75, 3.05) is 12.3 Å². The standard InChI is InChI=1S/C11H17N3OS/c1-7(2)6-14-16-8-3-4-9(11(13)15)10(12)5-8/h3-5,7,14H,6,12H2,1-2H3,(H2,13,15). The van der Waals surface area contributed by atoms with E-state index in [1.807, 2.05) is 6.07 Å². The number of rotatable bonds is 5. The van der Waals surface area contributed by atoms with Crippen LogP contribution < -0.4 is 16.2 Å². The van der Waals surface area contributed by atoms with Gasteiger partial charge in [0, 0.05) is 17.1 Å². The molecule has 0 aliphatic heterocycles. The molecular weight excluding hydrogens is 222 g/mol. The third kappa shape index (κ3) is 3.75. The summed E-state index contributed by atoms with van der Waals surface area (Å²) in [4.78, 5) is 11.9. The van der Waals surface area contributed by atoms with E-state index in [9.17, 15) is 4.79 Å². The lowest BCUT2D eigenvalue weighted by Gasteiger charge is -2.08. The molecule has 88 valence electrons. The molecule has 0 bridgehead atoms. The number of benzene rings is 1. The van der Waals surface area contributed by atoms with Crippen molar-refractivity contribution in [2.45, 2.75) is 18.7 Å². The molecule has 4 nitrogen and oxygen atoms in total. The van der Waals surface area contributed by atoms with Gasteiger partial charge in [-0.1, -0.05) is 13.8 Å². The van der Waals surface area contributed by atoms with Crippen LogP contribution >= 0.6 is 11.9 Å². The first kappa shape index (κ1) is 12.9. The van der Waals surface area contributed by atoms with Gasteiger partial charge in [-0.05, 0) is 36.1 Å². The summed E-state index contributed by atoms with van der Waals surface area (Å²) in [5, 5.41) is 0. The molecule has 0 unspecified atom stereocenters. The molecule has 0 spiro atoms. The smallest absolute Gasteiger partial charge is 0.250 e. The number of nitrogens with two attached hydrogens (primary N) is 2. The Balaban J connectivity index is 2.63. The van der Waals surface area contributed by atoms with Gasteiger partial charge in [-0.15, -0.1) is 0 Å². The highest BCUT2D eigenvalue weighted by Gasteiger charge is 2.06. The van der Waals surface area contributed by atoms with Gasteiger partial charge in [0.25, 0.3) is 5.91 Å². The van der Waals surface area contributed by atoms with Crippen LogP contribution in [0.5, 0.6) is 0 Å². The summed E-state index contributed by atoms with van der Waals surface area (Å²) < 4.78 is 3.22. The molecule has 0 fully saturated rings. The summed E-state index contributed by atoms with van der Waals surface area (Å²) in [5.74, 6) is 0.0962. The van der Waals surface area contributed by atoms with Crippen LogP contribution in [0.3, 0.4) is 0 Å². The first-order valence-electron chi connectivity index (χ1n) is 5.09. The number of carbonyl (C=O) groups is 1. The third-order valence-electron chi connectivity index (χ3n) is 1.97. The van der Waals surface area contributed by atoms with Gasteiger partial charge >= 0.3 is 0 Å². The number of carbonyl (C=O) groups excluding carboxylic acids is 1. The first-order valence-corrected chi connectivity index (χ1v) is 5.91. The van der Waals surface area contributed by atoms with Gasteiger partial charge in [-0.2, -0.15) is 0 Å². The number of nitrogens with one attached hydrogen (secondary N) is 1. The maximum atomic E-state index is 11.0. The third-order valence-corrected chi connectivity index (χ3v) is 2.77. The van der Waals surface area contributed by atoms with Crippen molar-refractivity contribution in [1.82, 2.24) is 4.72 Å². The van der Waals surface area contributed by atoms with Gasteiger partial charge in [0.15, 0.2) is 0 Å². The SMILES string of the molecule is CC(C)CNSc1ccc(C(N)=O)c(N)c1. The van der Waals surface area contributed by atoms with Crippen LogP contribution in [0.1, 0.15) is 24.2 Å². The number of hydrogen-bond donors (Lipinski definition) is 3. The van der Waals surface area contributed by atoms with Gasteiger partial charge < -0.3 is 11.5 Å². The van der Waals surface area contributed by atoms with Crippen molar-refractivity contribution in [3.8, 4) is 0 Å². The van der Waals surface area contributed by atoms with Crippen molar-refractivity contribution in [3.05, 3.63) is 23.8 Å². The fraction of sp³-hybridized carbons (Fsp3) is 0.364. The molecule has 5 N–H and O–H groups in total. The molecule has 0 saturated carbocycles. The van der Waals surface area contributed by atoms with Crippen molar-refractivity contribution in [1.29, 1.82) is 0 Å². The molecule has 1 rings (SSSR count). The Bertz CT molecular complexity index is 379. The maximum absolute atomic E-state index is 11.0. The molecule has 0 aromatic heterocycles. The Morgan fingerprint density at radius 3 is 2.69 bits per heavy atom. The lowest BCUT2D eigenvalue weighted by atomic mass is 10.2. The molecule has 0 heterocycles. The molecule has 0 aliphatic rings. The molecule has 0 atom stereocenters. The van der Waals surface area contributed by atoms with E-state index >= 15 is 0 Å². The molecule has 0 aliphatic carbocycles. The Hall–Kier alpha value is -1.20. The fourth-order valence-electron chi connectivity index (χ4n) is 1.12. The Labute approximate surface area is 99.9 Å². The second-order valence-electron chi connectivity index (χ2n) is 3.96. The predicted octanol–water partition coefficient (Wildman–Crippen LogP) is 1.62. The van der Waals surface area contributed by atoms with Crippen molar-refractivity contribution >= 4 is 23.5 Å². The average Bonchev–Trinajstić information content (AvgIpc) is 2.16. The zero-order chi connectivity index (χ0) is 12.1. The second-order valence-corrected chi connectivity index (χ2v) is 4.92. The van der Waals surface area contributed by atoms with Crippen LogP contribution in [-0.2, 0) is 0 Å². The minimum absolute atomic E-state index is 0.369. The highest BCUT2D eigenvalue weighted by molar-refractivity contribution is 7.97. The van der Waals surface area contributed by atoms with Gasteiger partial charge in [-0.25, -0.2) is 0 Å². The van der Waals surface area contributed by atoms with Crippen LogP contribution in [0.2, 0.25) is 0 Å². The number of primary amides is 1. The highest BCUT2D eigenvalue weighted by atomic mass is 32.2. The van der Waals surface area contributed by atoms with E-state index in [0.717, 1.165) is 11.4 Å². The van der Waals surface area contributed by atoms with E-state index in [0.29, 0.717) is 17.2 Å². The quantitative estimate of drug-likeness (QED) is 0.539. The van der Waals surface area contributed by atoms with Gasteiger partial charge in [0.05, 0.1) is 5.56 Å². The molecular formula is C11H17N3OS. The van der Waals surface area contributed by atoms with E-state index in [4.69, 9.17) is 11.5 Å². The number of hydrogen-bond acceptors (Lipinski definition) is 4. The zero-order valence-corrected chi connectivity index (χ0v) is 10.3. The van der Waals surface area contributed by atoms with E-state index in [2.05, 4.69) is 18.6 Å². The molecule has 5 heteroatoms. The Morgan fingerprint density at radius 1 is 1.50 bits per heavy atom. The topological polar surface area (TPSA) is 81.1 Å². The van der Waals surface area contributed by atoms with Gasteiger partial charge in [-0.3, -0.25) is 9.52 Å². The summed E-state index contributed by atoms with van der Waals surface area (Å²) in [5.41, 5.74) is 11.7. The van der Waals surface area contributed by atoms with Crippen LogP contribution in [0.25, 0.3) is 0 Å². The second kappa shape index (κ2) is 5.77. The van der Waals surface area contributed by atoms with Gasteiger partial charge in [0.2, 0.25) is 0 Å². The normalized spacial score (nSPS) is 10.7. The number of anilines is 1. The van der Waals surface area contributed by atoms with Crippen LogP contribution in [0.4, 0.5) is 5.69 Å². The molecule has 1 amide bonds. The maximum Gasteiger partial charge on any atom is 0.250 e. The molecule has 0 radical (unpaired) electrons. The summed E-state index contributed by atoms with van der Waals surface area (Å²) in [6, 6.07) is 5.23. The summed E-state index contributed by atoms with van der Waals surface area (Å²) in [6.07, 6.45) is 0. The van der Waals surface area contributed by atoms with E-state index < -0.39 is 5.91 Å². The summed E-state index contributed by atoms with van der Waals surface area (Å²) in [6.45, 7) is 5.19. The predicted molar refractivity (Wildman–Crippen MR) is 68.1 cm³/mol. The van der Waals surface area contributed by atoms with E-state index in [1.165, 1.54) is 11.9 Å². The van der Waals surface area contributed by atoms with Crippen LogP contribution in [0.15, 0.2) is 23.1 Å². The van der Waals surface area contributed by atoms with E-state index in [1.54, 1.807) is 12.1 Å². The van der Waals surface area contributed by atoms with Crippen molar-refractivity contribution < 1.29 is 4.79 Å². The Morgan fingerprint density at radius 2 is 2.19 bits per heavy atom. The lowest BCUT2D eigenvalue weighted by Crippen LogP contribution is -2.14. The van der Waals surface area contributed by atoms with Crippen LogP contribution in [-0.4, -0.2) is 12.5 Å². The van der Waals surface area contributed by atoms with E-state index in [-0.39, 0.29) is 0 Å². The zero-order valence-electron chi connectivity index (χ0n) is 9.49. The van der Waals surface area contributed by atoms with Crippen molar-refractivity contribution in [2.24, 2.45) is 11.7 Å². The molecule has 1 aromatic rings. The van der Waals surface area contributed by atoms with Gasteiger partial charge in [0.1, 0.15) is 0 Å². The molecule has 0 saturated heterocycles. The lowest BCUT2D eigenvalue weighted by molar-refractivity contribution is 0.100. The number of amides is 1. The monoisotopic (exact) mass is 239 g/mol. The first-order chi connectivity index (χ1) is 7.50. The Kier molecular flexibility index (Phi) is 4.64. The summed E-state index contributed by atoms with van der Waals surface area (Å²) >= 11 is 1.50. The minimum atomic E-state index is -0.496. The number of nitrogen functional groups attached to an aromatic ring is 1.